The summed E-state index contributed by atoms with van der Waals surface area (Å²) in [6.45, 7) is 0. The highest BCUT2D eigenvalue weighted by atomic mass is 16.5. The van der Waals surface area contributed by atoms with Gasteiger partial charge in [0.1, 0.15) is 11.6 Å². The van der Waals surface area contributed by atoms with Crippen LogP contribution in [0.2, 0.25) is 0 Å². The van der Waals surface area contributed by atoms with Gasteiger partial charge in [-0.2, -0.15) is 0 Å². The molecule has 1 aliphatic rings. The van der Waals surface area contributed by atoms with Gasteiger partial charge in [0.15, 0.2) is 5.75 Å². The number of nitrogens with one attached hydrogen (secondary N) is 1. The first-order valence-corrected chi connectivity index (χ1v) is 6.09. The van der Waals surface area contributed by atoms with Crippen molar-refractivity contribution >= 4 is 22.8 Å². The van der Waals surface area contributed by atoms with Crippen molar-refractivity contribution in [3.63, 3.8) is 0 Å². The number of hydrogen-bond acceptors (Lipinski definition) is 4. The number of esters is 1. The first-order valence-electron chi connectivity index (χ1n) is 6.09. The number of carbonyl (C=O) groups excluding carboxylic acids is 2. The number of rotatable bonds is 2. The standard InChI is InChI=1S/C14H12N2O3/c17-12-7-6-10(16-12)14(18)19-11-5-1-3-9-4-2-8-15-13(9)11/h1-5,8,10H,6-7H2,(H,16,17). The van der Waals surface area contributed by atoms with Crippen LogP contribution in [0, 0.1) is 0 Å². The molecule has 0 spiro atoms. The molecule has 96 valence electrons. The van der Waals surface area contributed by atoms with E-state index >= 15 is 0 Å². The van der Waals surface area contributed by atoms with E-state index in [-0.39, 0.29) is 5.91 Å². The molecule has 1 N–H and O–H groups in total. The van der Waals surface area contributed by atoms with Gasteiger partial charge in [0.25, 0.3) is 0 Å². The van der Waals surface area contributed by atoms with Crippen LogP contribution in [0.25, 0.3) is 10.9 Å². The second kappa shape index (κ2) is 4.68. The minimum Gasteiger partial charge on any atom is -0.423 e. The molecule has 19 heavy (non-hydrogen) atoms. The van der Waals surface area contributed by atoms with Crippen molar-refractivity contribution < 1.29 is 14.3 Å². The zero-order chi connectivity index (χ0) is 13.2. The summed E-state index contributed by atoms with van der Waals surface area (Å²) >= 11 is 0. The van der Waals surface area contributed by atoms with E-state index in [0.29, 0.717) is 24.1 Å². The van der Waals surface area contributed by atoms with Crippen LogP contribution in [0.1, 0.15) is 12.8 Å². The maximum atomic E-state index is 11.9. The van der Waals surface area contributed by atoms with Gasteiger partial charge in [-0.3, -0.25) is 9.78 Å². The number of amides is 1. The van der Waals surface area contributed by atoms with Crippen LogP contribution in [0.4, 0.5) is 0 Å². The first-order chi connectivity index (χ1) is 9.24. The Morgan fingerprint density at radius 3 is 2.95 bits per heavy atom. The maximum absolute atomic E-state index is 11.9. The summed E-state index contributed by atoms with van der Waals surface area (Å²) in [7, 11) is 0. The summed E-state index contributed by atoms with van der Waals surface area (Å²) in [6.07, 6.45) is 2.50. The summed E-state index contributed by atoms with van der Waals surface area (Å²) in [5, 5.41) is 3.49. The highest BCUT2D eigenvalue weighted by Gasteiger charge is 2.29. The number of ether oxygens (including phenoxy) is 1. The Bertz CT molecular complexity index is 649. The van der Waals surface area contributed by atoms with E-state index in [1.807, 2.05) is 18.2 Å². The Labute approximate surface area is 109 Å². The van der Waals surface area contributed by atoms with Crippen LogP contribution in [0.15, 0.2) is 36.5 Å². The highest BCUT2D eigenvalue weighted by molar-refractivity contribution is 5.91. The summed E-state index contributed by atoms with van der Waals surface area (Å²) in [6, 6.07) is 8.58. The molecule has 1 aliphatic heterocycles. The third kappa shape index (κ3) is 2.27. The fourth-order valence-corrected chi connectivity index (χ4v) is 2.13. The Morgan fingerprint density at radius 1 is 1.32 bits per heavy atom. The highest BCUT2D eigenvalue weighted by Crippen LogP contribution is 2.23. The van der Waals surface area contributed by atoms with Gasteiger partial charge in [0, 0.05) is 18.0 Å². The van der Waals surface area contributed by atoms with Crippen LogP contribution in [-0.4, -0.2) is 22.9 Å². The zero-order valence-corrected chi connectivity index (χ0v) is 10.1. The van der Waals surface area contributed by atoms with Crippen molar-refractivity contribution in [2.75, 3.05) is 0 Å². The third-order valence-electron chi connectivity index (χ3n) is 3.09. The van der Waals surface area contributed by atoms with E-state index in [1.165, 1.54) is 0 Å². The molecule has 0 radical (unpaired) electrons. The lowest BCUT2D eigenvalue weighted by molar-refractivity contribution is -0.137. The topological polar surface area (TPSA) is 68.3 Å². The minimum atomic E-state index is -0.550. The van der Waals surface area contributed by atoms with E-state index < -0.39 is 12.0 Å². The van der Waals surface area contributed by atoms with Gasteiger partial charge in [-0.25, -0.2) is 4.79 Å². The molecular weight excluding hydrogens is 244 g/mol. The van der Waals surface area contributed by atoms with Crippen molar-refractivity contribution in [2.45, 2.75) is 18.9 Å². The molecule has 5 nitrogen and oxygen atoms in total. The number of hydrogen-bond donors (Lipinski definition) is 1. The number of benzene rings is 1. The lowest BCUT2D eigenvalue weighted by atomic mass is 10.2. The molecule has 1 fully saturated rings. The quantitative estimate of drug-likeness (QED) is 0.651. The van der Waals surface area contributed by atoms with E-state index in [0.717, 1.165) is 5.39 Å². The van der Waals surface area contributed by atoms with E-state index in [9.17, 15) is 9.59 Å². The Balaban J connectivity index is 1.85. The van der Waals surface area contributed by atoms with E-state index in [2.05, 4.69) is 10.3 Å². The summed E-state index contributed by atoms with van der Waals surface area (Å²) < 4.78 is 5.34. The molecule has 1 aromatic heterocycles. The molecule has 3 rings (SSSR count). The van der Waals surface area contributed by atoms with Gasteiger partial charge < -0.3 is 10.1 Å². The van der Waals surface area contributed by atoms with Crippen molar-refractivity contribution in [3.8, 4) is 5.75 Å². The molecule has 1 aromatic carbocycles. The van der Waals surface area contributed by atoms with Crippen LogP contribution < -0.4 is 10.1 Å². The van der Waals surface area contributed by atoms with E-state index in [1.54, 1.807) is 18.3 Å². The fraction of sp³-hybridized carbons (Fsp3) is 0.214. The number of pyridine rings is 1. The third-order valence-corrected chi connectivity index (χ3v) is 3.09. The first kappa shape index (κ1) is 11.6. The average molecular weight is 256 g/mol. The lowest BCUT2D eigenvalue weighted by Gasteiger charge is -2.11. The fourth-order valence-electron chi connectivity index (χ4n) is 2.13. The number of nitrogens with zero attached hydrogens (tertiary/aromatic N) is 1. The Kier molecular flexibility index (Phi) is 2.87. The largest absolute Gasteiger partial charge is 0.423 e. The van der Waals surface area contributed by atoms with Crippen molar-refractivity contribution in [1.82, 2.24) is 10.3 Å². The number of aromatic nitrogens is 1. The Morgan fingerprint density at radius 2 is 2.16 bits per heavy atom. The second-order valence-corrected chi connectivity index (χ2v) is 4.41. The molecule has 2 aromatic rings. The molecule has 0 aliphatic carbocycles. The molecule has 0 saturated carbocycles. The molecule has 5 heteroatoms. The summed E-state index contributed by atoms with van der Waals surface area (Å²) in [4.78, 5) is 27.2. The normalized spacial score (nSPS) is 18.3. The molecule has 1 atom stereocenters. The zero-order valence-electron chi connectivity index (χ0n) is 10.1. The van der Waals surface area contributed by atoms with Crippen molar-refractivity contribution in [3.05, 3.63) is 36.5 Å². The minimum absolute atomic E-state index is 0.113. The Hall–Kier alpha value is -2.43. The van der Waals surface area contributed by atoms with Gasteiger partial charge in [-0.05, 0) is 18.6 Å². The molecule has 0 bridgehead atoms. The van der Waals surface area contributed by atoms with Gasteiger partial charge in [0.2, 0.25) is 5.91 Å². The second-order valence-electron chi connectivity index (χ2n) is 4.41. The van der Waals surface area contributed by atoms with Gasteiger partial charge >= 0.3 is 5.97 Å². The summed E-state index contributed by atoms with van der Waals surface area (Å²) in [5.41, 5.74) is 0.641. The predicted octanol–water partition coefficient (Wildman–Crippen LogP) is 1.42. The van der Waals surface area contributed by atoms with Crippen LogP contribution in [-0.2, 0) is 9.59 Å². The smallest absolute Gasteiger partial charge is 0.334 e. The van der Waals surface area contributed by atoms with Gasteiger partial charge in [0.05, 0.1) is 0 Å². The molecular formula is C14H12N2O3. The van der Waals surface area contributed by atoms with Gasteiger partial charge in [-0.1, -0.05) is 18.2 Å². The maximum Gasteiger partial charge on any atom is 0.334 e. The van der Waals surface area contributed by atoms with Crippen LogP contribution >= 0.6 is 0 Å². The molecule has 2 heterocycles. The SMILES string of the molecule is O=C1CCC(C(=O)Oc2cccc3cccnc23)N1. The van der Waals surface area contributed by atoms with Gasteiger partial charge in [-0.15, -0.1) is 0 Å². The number of carbonyl (C=O) groups is 2. The number of fused-ring (bicyclic) bond motifs is 1. The monoisotopic (exact) mass is 256 g/mol. The average Bonchev–Trinajstić information content (AvgIpc) is 2.86. The predicted molar refractivity (Wildman–Crippen MR) is 68.5 cm³/mol. The van der Waals surface area contributed by atoms with Crippen molar-refractivity contribution in [1.29, 1.82) is 0 Å². The van der Waals surface area contributed by atoms with Crippen LogP contribution in [0.3, 0.4) is 0 Å². The molecule has 1 unspecified atom stereocenters. The molecule has 1 saturated heterocycles. The van der Waals surface area contributed by atoms with E-state index in [4.69, 9.17) is 4.74 Å². The molecule has 1 amide bonds. The van der Waals surface area contributed by atoms with Crippen molar-refractivity contribution in [2.24, 2.45) is 0 Å². The summed E-state index contributed by atoms with van der Waals surface area (Å²) in [5.74, 6) is -0.133. The van der Waals surface area contributed by atoms with Crippen LogP contribution in [0.5, 0.6) is 5.75 Å². The lowest BCUT2D eigenvalue weighted by Crippen LogP contribution is -2.36. The number of para-hydroxylation sites is 1.